The summed E-state index contributed by atoms with van der Waals surface area (Å²) in [5, 5.41) is 3.27. The van der Waals surface area contributed by atoms with Gasteiger partial charge in [-0.3, -0.25) is 9.59 Å². The molecule has 1 aliphatic rings. The lowest BCUT2D eigenvalue weighted by molar-refractivity contribution is 0.0518. The fourth-order valence-electron chi connectivity index (χ4n) is 3.10. The molecule has 7 heteroatoms. The number of nitrogens with zero attached hydrogens (tertiary/aromatic N) is 3. The van der Waals surface area contributed by atoms with Crippen LogP contribution < -0.4 is 5.32 Å². The lowest BCUT2D eigenvalue weighted by Crippen LogP contribution is -2.50. The average molecular weight is 370 g/mol. The van der Waals surface area contributed by atoms with Crippen molar-refractivity contribution in [2.45, 2.75) is 26.2 Å². The molecule has 1 fully saturated rings. The smallest absolute Gasteiger partial charge is 0.289 e. The highest BCUT2D eigenvalue weighted by molar-refractivity contribution is 5.95. The number of carbonyl (C=O) groups is 2. The predicted octanol–water partition coefficient (Wildman–Crippen LogP) is 2.87. The van der Waals surface area contributed by atoms with Gasteiger partial charge in [-0.2, -0.15) is 0 Å². The Labute approximate surface area is 159 Å². The van der Waals surface area contributed by atoms with Crippen molar-refractivity contribution < 1.29 is 14.0 Å². The molecule has 2 aromatic rings. The number of pyridine rings is 1. The molecule has 0 atom stereocenters. The van der Waals surface area contributed by atoms with Crippen LogP contribution in [0.2, 0.25) is 0 Å². The Hall–Kier alpha value is -2.83. The average Bonchev–Trinajstić information content (AvgIpc) is 3.25. The first-order valence-corrected chi connectivity index (χ1v) is 9.51. The van der Waals surface area contributed by atoms with Crippen LogP contribution in [0.4, 0.5) is 5.82 Å². The summed E-state index contributed by atoms with van der Waals surface area (Å²) < 4.78 is 5.17. The summed E-state index contributed by atoms with van der Waals surface area (Å²) >= 11 is 0. The number of amides is 2. The minimum absolute atomic E-state index is 0.0286. The van der Waals surface area contributed by atoms with Crippen molar-refractivity contribution in [1.29, 1.82) is 0 Å². The van der Waals surface area contributed by atoms with Gasteiger partial charge in [0.05, 0.1) is 6.26 Å². The van der Waals surface area contributed by atoms with Crippen LogP contribution in [0, 0.1) is 0 Å². The number of hydrogen-bond acceptors (Lipinski definition) is 5. The van der Waals surface area contributed by atoms with Crippen LogP contribution in [0.15, 0.2) is 41.1 Å². The zero-order valence-corrected chi connectivity index (χ0v) is 15.7. The Kier molecular flexibility index (Phi) is 6.46. The van der Waals surface area contributed by atoms with Crippen LogP contribution in [-0.2, 0) is 0 Å². The number of piperazine rings is 1. The largest absolute Gasteiger partial charge is 0.459 e. The topological polar surface area (TPSA) is 78.7 Å². The van der Waals surface area contributed by atoms with Gasteiger partial charge in [-0.05, 0) is 30.7 Å². The first kappa shape index (κ1) is 18.9. The molecule has 0 aromatic carbocycles. The van der Waals surface area contributed by atoms with E-state index in [1.54, 1.807) is 40.3 Å². The van der Waals surface area contributed by atoms with Crippen molar-refractivity contribution in [3.8, 4) is 0 Å². The molecule has 0 spiro atoms. The lowest BCUT2D eigenvalue weighted by Gasteiger charge is -2.34. The minimum Gasteiger partial charge on any atom is -0.459 e. The molecular weight excluding hydrogens is 344 g/mol. The van der Waals surface area contributed by atoms with E-state index in [-0.39, 0.29) is 11.8 Å². The fourth-order valence-corrected chi connectivity index (χ4v) is 3.10. The summed E-state index contributed by atoms with van der Waals surface area (Å²) in [6, 6.07) is 6.89. The number of hydrogen-bond donors (Lipinski definition) is 1. The van der Waals surface area contributed by atoms with Crippen LogP contribution in [0.25, 0.3) is 0 Å². The summed E-state index contributed by atoms with van der Waals surface area (Å²) in [6.07, 6.45) is 6.58. The Balaban J connectivity index is 1.54. The van der Waals surface area contributed by atoms with Gasteiger partial charge in [-0.25, -0.2) is 4.98 Å². The van der Waals surface area contributed by atoms with Crippen molar-refractivity contribution in [3.63, 3.8) is 0 Å². The molecule has 0 aliphatic carbocycles. The molecule has 3 heterocycles. The predicted molar refractivity (Wildman–Crippen MR) is 103 cm³/mol. The molecular formula is C20H26N4O3. The highest BCUT2D eigenvalue weighted by atomic mass is 16.3. The minimum atomic E-state index is -0.130. The molecule has 3 rings (SSSR count). The number of unbranched alkanes of at least 4 members (excludes halogenated alkanes) is 2. The summed E-state index contributed by atoms with van der Waals surface area (Å²) in [5.74, 6) is 0.903. The fraction of sp³-hybridized carbons (Fsp3) is 0.450. The third kappa shape index (κ3) is 4.87. The molecule has 0 radical (unpaired) electrons. The highest BCUT2D eigenvalue weighted by Gasteiger charge is 2.26. The van der Waals surface area contributed by atoms with Crippen LogP contribution in [-0.4, -0.2) is 59.3 Å². The molecule has 144 valence electrons. The van der Waals surface area contributed by atoms with Gasteiger partial charge in [0, 0.05) is 44.5 Å². The van der Waals surface area contributed by atoms with E-state index in [0.29, 0.717) is 37.5 Å². The van der Waals surface area contributed by atoms with Gasteiger partial charge in [-0.1, -0.05) is 19.8 Å². The van der Waals surface area contributed by atoms with Crippen LogP contribution in [0.5, 0.6) is 0 Å². The first-order valence-electron chi connectivity index (χ1n) is 9.51. The summed E-state index contributed by atoms with van der Waals surface area (Å²) in [7, 11) is 0. The van der Waals surface area contributed by atoms with Crippen molar-refractivity contribution >= 4 is 17.6 Å². The van der Waals surface area contributed by atoms with E-state index in [0.717, 1.165) is 18.8 Å². The van der Waals surface area contributed by atoms with Crippen molar-refractivity contribution in [3.05, 3.63) is 48.0 Å². The van der Waals surface area contributed by atoms with Gasteiger partial charge in [0.1, 0.15) is 5.82 Å². The van der Waals surface area contributed by atoms with E-state index in [1.807, 2.05) is 0 Å². The number of rotatable bonds is 7. The molecule has 0 bridgehead atoms. The molecule has 2 amide bonds. The van der Waals surface area contributed by atoms with E-state index in [2.05, 4.69) is 17.2 Å². The first-order chi connectivity index (χ1) is 13.2. The second-order valence-electron chi connectivity index (χ2n) is 6.63. The molecule has 2 aromatic heterocycles. The number of furan rings is 1. The zero-order chi connectivity index (χ0) is 19.1. The Morgan fingerprint density at radius 2 is 1.85 bits per heavy atom. The van der Waals surface area contributed by atoms with Gasteiger partial charge in [-0.15, -0.1) is 0 Å². The maximum absolute atomic E-state index is 12.8. The molecule has 0 saturated carbocycles. The molecule has 0 unspecified atom stereocenters. The van der Waals surface area contributed by atoms with Gasteiger partial charge >= 0.3 is 0 Å². The van der Waals surface area contributed by atoms with E-state index in [4.69, 9.17) is 4.42 Å². The number of anilines is 1. The maximum atomic E-state index is 12.8. The molecule has 1 N–H and O–H groups in total. The normalized spacial score (nSPS) is 14.3. The zero-order valence-electron chi connectivity index (χ0n) is 15.7. The second-order valence-corrected chi connectivity index (χ2v) is 6.63. The van der Waals surface area contributed by atoms with E-state index >= 15 is 0 Å². The monoisotopic (exact) mass is 370 g/mol. The highest BCUT2D eigenvalue weighted by Crippen LogP contribution is 2.14. The van der Waals surface area contributed by atoms with E-state index in [9.17, 15) is 9.59 Å². The lowest BCUT2D eigenvalue weighted by atomic mass is 10.2. The van der Waals surface area contributed by atoms with E-state index in [1.165, 1.54) is 19.1 Å². The number of carbonyl (C=O) groups excluding carboxylic acids is 2. The summed E-state index contributed by atoms with van der Waals surface area (Å²) in [6.45, 7) is 5.03. The van der Waals surface area contributed by atoms with Crippen LogP contribution >= 0.6 is 0 Å². The van der Waals surface area contributed by atoms with Gasteiger partial charge in [0.25, 0.3) is 11.8 Å². The van der Waals surface area contributed by atoms with Crippen molar-refractivity contribution in [2.75, 3.05) is 38.0 Å². The molecule has 1 saturated heterocycles. The van der Waals surface area contributed by atoms with Crippen LogP contribution in [0.3, 0.4) is 0 Å². The van der Waals surface area contributed by atoms with Gasteiger partial charge in [0.15, 0.2) is 5.76 Å². The summed E-state index contributed by atoms with van der Waals surface area (Å²) in [4.78, 5) is 32.9. The van der Waals surface area contributed by atoms with Gasteiger partial charge < -0.3 is 19.5 Å². The SMILES string of the molecule is CCCCCNc1cc(C(=O)N2CCN(C(=O)c3ccco3)CC2)ccn1. The van der Waals surface area contributed by atoms with Crippen molar-refractivity contribution in [1.82, 2.24) is 14.8 Å². The van der Waals surface area contributed by atoms with E-state index < -0.39 is 0 Å². The molecule has 1 aliphatic heterocycles. The van der Waals surface area contributed by atoms with Crippen LogP contribution in [0.1, 0.15) is 47.1 Å². The third-order valence-electron chi connectivity index (χ3n) is 4.68. The van der Waals surface area contributed by atoms with Crippen molar-refractivity contribution in [2.24, 2.45) is 0 Å². The maximum Gasteiger partial charge on any atom is 0.289 e. The molecule has 7 nitrogen and oxygen atoms in total. The molecule has 27 heavy (non-hydrogen) atoms. The Morgan fingerprint density at radius 3 is 2.52 bits per heavy atom. The third-order valence-corrected chi connectivity index (χ3v) is 4.68. The number of aromatic nitrogens is 1. The number of nitrogens with one attached hydrogen (secondary N) is 1. The Bertz CT molecular complexity index is 752. The standard InChI is InChI=1S/C20H26N4O3/c1-2-3-4-8-21-18-15-16(7-9-22-18)19(25)23-10-12-24(13-11-23)20(26)17-6-5-14-27-17/h5-7,9,14-15H,2-4,8,10-13H2,1H3,(H,21,22). The quantitative estimate of drug-likeness (QED) is 0.758. The summed E-state index contributed by atoms with van der Waals surface area (Å²) in [5.41, 5.74) is 0.619. The Morgan fingerprint density at radius 1 is 1.11 bits per heavy atom. The second kappa shape index (κ2) is 9.21. The van der Waals surface area contributed by atoms with Gasteiger partial charge in [0.2, 0.25) is 0 Å².